The van der Waals surface area contributed by atoms with Gasteiger partial charge >= 0.3 is 6.03 Å². The molecule has 118 valence electrons. The van der Waals surface area contributed by atoms with Gasteiger partial charge in [0.1, 0.15) is 0 Å². The van der Waals surface area contributed by atoms with Crippen LogP contribution in [-0.4, -0.2) is 46.4 Å². The van der Waals surface area contributed by atoms with Crippen LogP contribution in [-0.2, 0) is 13.6 Å². The van der Waals surface area contributed by atoms with Gasteiger partial charge in [-0.1, -0.05) is 13.3 Å². The van der Waals surface area contributed by atoms with Crippen LogP contribution in [0.15, 0.2) is 12.4 Å². The first-order valence-electron chi connectivity index (χ1n) is 7.92. The van der Waals surface area contributed by atoms with E-state index >= 15 is 0 Å². The van der Waals surface area contributed by atoms with Crippen molar-refractivity contribution >= 4 is 6.03 Å². The highest BCUT2D eigenvalue weighted by Crippen LogP contribution is 2.18. The molecular weight excluding hydrogens is 266 g/mol. The monoisotopic (exact) mass is 293 g/mol. The number of amides is 2. The number of carbonyl (C=O) groups is 1. The van der Waals surface area contributed by atoms with Gasteiger partial charge in [-0.3, -0.25) is 9.58 Å². The summed E-state index contributed by atoms with van der Waals surface area (Å²) >= 11 is 0. The fraction of sp³-hybridized carbons (Fsp3) is 0.733. The Morgan fingerprint density at radius 2 is 2.29 bits per heavy atom. The van der Waals surface area contributed by atoms with E-state index in [1.54, 1.807) is 10.9 Å². The largest absolute Gasteiger partial charge is 0.337 e. The number of rotatable bonds is 6. The van der Waals surface area contributed by atoms with Crippen molar-refractivity contribution < 1.29 is 4.79 Å². The molecule has 1 fully saturated rings. The quantitative estimate of drug-likeness (QED) is 0.835. The molecule has 2 N–H and O–H groups in total. The van der Waals surface area contributed by atoms with Gasteiger partial charge in [0.2, 0.25) is 0 Å². The highest BCUT2D eigenvalue weighted by molar-refractivity contribution is 5.73. The third kappa shape index (κ3) is 5.04. The van der Waals surface area contributed by atoms with Crippen molar-refractivity contribution in [2.45, 2.75) is 45.2 Å². The molecule has 0 radical (unpaired) electrons. The average Bonchev–Trinajstić information content (AvgIpc) is 2.91. The van der Waals surface area contributed by atoms with Gasteiger partial charge < -0.3 is 10.6 Å². The first-order valence-corrected chi connectivity index (χ1v) is 7.92. The maximum absolute atomic E-state index is 11.7. The Kier molecular flexibility index (Phi) is 6.04. The number of aryl methyl sites for hydroxylation is 1. The highest BCUT2D eigenvalue weighted by Gasteiger charge is 2.19. The van der Waals surface area contributed by atoms with Crippen molar-refractivity contribution in [1.82, 2.24) is 25.3 Å². The third-order valence-corrected chi connectivity index (χ3v) is 4.12. The van der Waals surface area contributed by atoms with Crippen molar-refractivity contribution in [3.8, 4) is 0 Å². The molecule has 0 aromatic carbocycles. The van der Waals surface area contributed by atoms with E-state index in [0.29, 0.717) is 19.1 Å². The number of aromatic nitrogens is 2. The summed E-state index contributed by atoms with van der Waals surface area (Å²) < 4.78 is 1.73. The maximum Gasteiger partial charge on any atom is 0.315 e. The SMILES string of the molecule is CCC1CCCCN1CCNC(=O)NCc1cnn(C)c1. The lowest BCUT2D eigenvalue weighted by Crippen LogP contribution is -2.45. The Morgan fingerprint density at radius 1 is 1.43 bits per heavy atom. The second-order valence-electron chi connectivity index (χ2n) is 5.73. The van der Waals surface area contributed by atoms with Crippen LogP contribution in [0.2, 0.25) is 0 Å². The molecule has 0 aliphatic carbocycles. The van der Waals surface area contributed by atoms with Crippen LogP contribution in [0, 0.1) is 0 Å². The van der Waals surface area contributed by atoms with Crippen molar-refractivity contribution in [2.24, 2.45) is 7.05 Å². The lowest BCUT2D eigenvalue weighted by Gasteiger charge is -2.35. The Hall–Kier alpha value is -1.56. The number of urea groups is 1. The number of likely N-dealkylation sites (tertiary alicyclic amines) is 1. The first kappa shape index (κ1) is 15.8. The molecule has 0 saturated carbocycles. The summed E-state index contributed by atoms with van der Waals surface area (Å²) in [5.74, 6) is 0. The van der Waals surface area contributed by atoms with E-state index in [2.05, 4.69) is 27.6 Å². The summed E-state index contributed by atoms with van der Waals surface area (Å²) in [6.07, 6.45) is 8.79. The fourth-order valence-electron chi connectivity index (χ4n) is 2.94. The number of carbonyl (C=O) groups excluding carboxylic acids is 1. The van der Waals surface area contributed by atoms with Crippen molar-refractivity contribution in [1.29, 1.82) is 0 Å². The van der Waals surface area contributed by atoms with Crippen LogP contribution < -0.4 is 10.6 Å². The minimum Gasteiger partial charge on any atom is -0.337 e. The summed E-state index contributed by atoms with van der Waals surface area (Å²) in [6.45, 7) is 5.57. The van der Waals surface area contributed by atoms with Crippen LogP contribution in [0.1, 0.15) is 38.2 Å². The van der Waals surface area contributed by atoms with E-state index in [-0.39, 0.29) is 6.03 Å². The number of piperidine rings is 1. The van der Waals surface area contributed by atoms with Crippen LogP contribution in [0.25, 0.3) is 0 Å². The molecule has 1 aliphatic heterocycles. The molecule has 1 aromatic heterocycles. The summed E-state index contributed by atoms with van der Waals surface area (Å²) in [6, 6.07) is 0.586. The van der Waals surface area contributed by atoms with Gasteiger partial charge in [0.15, 0.2) is 0 Å². The maximum atomic E-state index is 11.7. The second kappa shape index (κ2) is 8.02. The van der Waals surface area contributed by atoms with Gasteiger partial charge in [0.05, 0.1) is 6.20 Å². The highest BCUT2D eigenvalue weighted by atomic mass is 16.2. The minimum atomic E-state index is -0.107. The number of hydrogen-bond donors (Lipinski definition) is 2. The standard InChI is InChI=1S/C15H27N5O/c1-3-14-6-4-5-8-20(14)9-7-16-15(21)17-10-13-11-18-19(2)12-13/h11-12,14H,3-10H2,1-2H3,(H2,16,17,21). The summed E-state index contributed by atoms with van der Waals surface area (Å²) in [7, 11) is 1.87. The normalized spacial score (nSPS) is 19.4. The smallest absolute Gasteiger partial charge is 0.315 e. The molecule has 1 aromatic rings. The topological polar surface area (TPSA) is 62.2 Å². The predicted molar refractivity (Wildman–Crippen MR) is 82.9 cm³/mol. The molecular formula is C15H27N5O. The predicted octanol–water partition coefficient (Wildman–Crippen LogP) is 1.48. The van der Waals surface area contributed by atoms with Crippen LogP contribution in [0.3, 0.4) is 0 Å². The lowest BCUT2D eigenvalue weighted by atomic mass is 10.0. The Morgan fingerprint density at radius 3 is 3.00 bits per heavy atom. The second-order valence-corrected chi connectivity index (χ2v) is 5.73. The van der Waals surface area contributed by atoms with E-state index in [1.165, 1.54) is 25.7 Å². The first-order chi connectivity index (χ1) is 10.2. The summed E-state index contributed by atoms with van der Waals surface area (Å²) in [4.78, 5) is 14.3. The molecule has 21 heavy (non-hydrogen) atoms. The zero-order valence-corrected chi connectivity index (χ0v) is 13.1. The van der Waals surface area contributed by atoms with Crippen molar-refractivity contribution in [3.63, 3.8) is 0 Å². The molecule has 2 heterocycles. The van der Waals surface area contributed by atoms with Gasteiger partial charge in [0.25, 0.3) is 0 Å². The zero-order chi connectivity index (χ0) is 15.1. The summed E-state index contributed by atoms with van der Waals surface area (Å²) in [5, 5.41) is 9.86. The van der Waals surface area contributed by atoms with E-state index in [9.17, 15) is 4.79 Å². The van der Waals surface area contributed by atoms with Crippen molar-refractivity contribution in [2.75, 3.05) is 19.6 Å². The minimum absolute atomic E-state index is 0.107. The Labute approximate surface area is 126 Å². The number of nitrogens with one attached hydrogen (secondary N) is 2. The molecule has 2 amide bonds. The van der Waals surface area contributed by atoms with E-state index in [4.69, 9.17) is 0 Å². The van der Waals surface area contributed by atoms with Gasteiger partial charge in [-0.2, -0.15) is 5.10 Å². The third-order valence-electron chi connectivity index (χ3n) is 4.12. The number of nitrogens with zero attached hydrogens (tertiary/aromatic N) is 3. The molecule has 0 spiro atoms. The van der Waals surface area contributed by atoms with E-state index < -0.39 is 0 Å². The van der Waals surface area contributed by atoms with Crippen LogP contribution in [0.5, 0.6) is 0 Å². The van der Waals surface area contributed by atoms with Crippen LogP contribution >= 0.6 is 0 Å². The fourth-order valence-corrected chi connectivity index (χ4v) is 2.94. The molecule has 1 saturated heterocycles. The zero-order valence-electron chi connectivity index (χ0n) is 13.1. The Balaban J connectivity index is 1.62. The van der Waals surface area contributed by atoms with Gasteiger partial charge in [0, 0.05) is 44.5 Å². The van der Waals surface area contributed by atoms with Crippen molar-refractivity contribution in [3.05, 3.63) is 18.0 Å². The molecule has 0 bridgehead atoms. The Bertz CT molecular complexity index is 445. The lowest BCUT2D eigenvalue weighted by molar-refractivity contribution is 0.145. The van der Waals surface area contributed by atoms with Crippen LogP contribution in [0.4, 0.5) is 4.79 Å². The van der Waals surface area contributed by atoms with Gasteiger partial charge in [-0.25, -0.2) is 4.79 Å². The molecule has 6 nitrogen and oxygen atoms in total. The molecule has 6 heteroatoms. The molecule has 1 unspecified atom stereocenters. The molecule has 1 aliphatic rings. The van der Waals surface area contributed by atoms with Gasteiger partial charge in [-0.05, 0) is 25.8 Å². The average molecular weight is 293 g/mol. The van der Waals surface area contributed by atoms with E-state index in [0.717, 1.165) is 18.7 Å². The molecule has 2 rings (SSSR count). The number of hydrogen-bond acceptors (Lipinski definition) is 3. The van der Waals surface area contributed by atoms with Gasteiger partial charge in [-0.15, -0.1) is 0 Å². The summed E-state index contributed by atoms with van der Waals surface area (Å²) in [5.41, 5.74) is 1.01. The molecule has 1 atom stereocenters. The van der Waals surface area contributed by atoms with E-state index in [1.807, 2.05) is 13.2 Å².